The number of nitrogens with zero attached hydrogens (tertiary/aromatic N) is 5. The van der Waals surface area contributed by atoms with Gasteiger partial charge in [-0.2, -0.15) is 0 Å². The quantitative estimate of drug-likeness (QED) is 0.587. The zero-order valence-corrected chi connectivity index (χ0v) is 15.2. The molecule has 0 bridgehead atoms. The largest absolute Gasteiger partial charge is 0.341 e. The van der Waals surface area contributed by atoms with Crippen LogP contribution in [0.5, 0.6) is 0 Å². The first kappa shape index (κ1) is 16.9. The summed E-state index contributed by atoms with van der Waals surface area (Å²) >= 11 is 0. The molecule has 0 radical (unpaired) electrons. The lowest BCUT2D eigenvalue weighted by Crippen LogP contribution is -2.23. The van der Waals surface area contributed by atoms with Crippen molar-refractivity contribution in [2.75, 3.05) is 6.54 Å². The lowest BCUT2D eigenvalue weighted by atomic mass is 10.2. The summed E-state index contributed by atoms with van der Waals surface area (Å²) < 4.78 is 13.5. The van der Waals surface area contributed by atoms with E-state index >= 15 is 0 Å². The van der Waals surface area contributed by atoms with Crippen LogP contribution in [0, 0.1) is 5.82 Å². The van der Waals surface area contributed by atoms with E-state index in [1.807, 2.05) is 30.6 Å². The molecule has 0 amide bonds. The van der Waals surface area contributed by atoms with Crippen molar-refractivity contribution in [3.05, 3.63) is 72.2 Å². The number of aromatic amines is 1. The second kappa shape index (κ2) is 7.09. The molecule has 0 aliphatic carbocycles. The maximum atomic E-state index is 13.5. The molecule has 1 saturated heterocycles. The molecule has 5 rings (SSSR count). The number of hydrogen-bond donors (Lipinski definition) is 1. The number of pyridine rings is 1. The molecule has 1 N–H and O–H groups in total. The van der Waals surface area contributed by atoms with E-state index in [4.69, 9.17) is 0 Å². The van der Waals surface area contributed by atoms with Crippen molar-refractivity contribution >= 4 is 11.0 Å². The van der Waals surface area contributed by atoms with Crippen LogP contribution in [0.15, 0.2) is 55.0 Å². The third-order valence-corrected chi connectivity index (χ3v) is 5.13. The van der Waals surface area contributed by atoms with Crippen molar-refractivity contribution in [2.45, 2.75) is 25.4 Å². The molecule has 4 aromatic rings. The van der Waals surface area contributed by atoms with Crippen LogP contribution in [-0.4, -0.2) is 36.4 Å². The normalized spacial score (nSPS) is 17.4. The number of likely N-dealkylation sites (tertiary alicyclic amines) is 1. The number of imidazole rings is 1. The Morgan fingerprint density at radius 2 is 2.00 bits per heavy atom. The summed E-state index contributed by atoms with van der Waals surface area (Å²) in [7, 11) is 0. The molecule has 1 aromatic carbocycles. The van der Waals surface area contributed by atoms with E-state index in [9.17, 15) is 4.39 Å². The van der Waals surface area contributed by atoms with E-state index in [2.05, 4.69) is 29.8 Å². The summed E-state index contributed by atoms with van der Waals surface area (Å²) in [4.78, 5) is 23.6. The molecule has 4 heterocycles. The maximum absolute atomic E-state index is 13.5. The molecule has 0 spiro atoms. The summed E-state index contributed by atoms with van der Waals surface area (Å²) in [5, 5.41) is 0. The Kier molecular flexibility index (Phi) is 4.29. The van der Waals surface area contributed by atoms with Gasteiger partial charge in [-0.1, -0.05) is 6.07 Å². The van der Waals surface area contributed by atoms with E-state index in [0.29, 0.717) is 5.82 Å². The van der Waals surface area contributed by atoms with Gasteiger partial charge in [-0.05, 0) is 49.7 Å². The van der Waals surface area contributed by atoms with E-state index in [-0.39, 0.29) is 11.9 Å². The molecule has 7 heteroatoms. The highest BCUT2D eigenvalue weighted by atomic mass is 19.1. The summed E-state index contributed by atoms with van der Waals surface area (Å²) in [5.41, 5.74) is 3.35. The van der Waals surface area contributed by atoms with Crippen LogP contribution in [-0.2, 0) is 6.54 Å². The Morgan fingerprint density at radius 1 is 1.11 bits per heavy atom. The van der Waals surface area contributed by atoms with E-state index < -0.39 is 0 Å². The van der Waals surface area contributed by atoms with Gasteiger partial charge in [0.2, 0.25) is 0 Å². The first-order chi connectivity index (χ1) is 13.8. The van der Waals surface area contributed by atoms with Crippen LogP contribution in [0.1, 0.15) is 30.3 Å². The van der Waals surface area contributed by atoms with Crippen molar-refractivity contribution in [1.29, 1.82) is 0 Å². The predicted octanol–water partition coefficient (Wildman–Crippen LogP) is 3.89. The summed E-state index contributed by atoms with van der Waals surface area (Å²) in [6.45, 7) is 1.73. The van der Waals surface area contributed by atoms with Gasteiger partial charge in [0.1, 0.15) is 17.3 Å². The highest BCUT2D eigenvalue weighted by Gasteiger charge is 2.28. The maximum Gasteiger partial charge on any atom is 0.178 e. The molecule has 1 fully saturated rings. The van der Waals surface area contributed by atoms with Gasteiger partial charge < -0.3 is 4.98 Å². The lowest BCUT2D eigenvalue weighted by Gasteiger charge is -2.22. The van der Waals surface area contributed by atoms with Gasteiger partial charge in [-0.15, -0.1) is 0 Å². The smallest absolute Gasteiger partial charge is 0.178 e. The van der Waals surface area contributed by atoms with Crippen LogP contribution in [0.4, 0.5) is 4.39 Å². The number of fused-ring (bicyclic) bond motifs is 1. The van der Waals surface area contributed by atoms with Gasteiger partial charge in [-0.25, -0.2) is 19.3 Å². The molecular formula is C21H19FN6. The van der Waals surface area contributed by atoms with Crippen LogP contribution >= 0.6 is 0 Å². The molecule has 1 atom stereocenters. The Hall–Kier alpha value is -3.19. The van der Waals surface area contributed by atoms with Gasteiger partial charge in [0, 0.05) is 30.7 Å². The topological polar surface area (TPSA) is 70.6 Å². The zero-order valence-electron chi connectivity index (χ0n) is 15.2. The third kappa shape index (κ3) is 3.25. The number of hydrogen-bond acceptors (Lipinski definition) is 5. The van der Waals surface area contributed by atoms with Crippen molar-refractivity contribution in [1.82, 2.24) is 29.8 Å². The minimum Gasteiger partial charge on any atom is -0.341 e. The minimum atomic E-state index is -0.254. The van der Waals surface area contributed by atoms with Crippen LogP contribution < -0.4 is 0 Å². The van der Waals surface area contributed by atoms with E-state index in [1.54, 1.807) is 12.3 Å². The summed E-state index contributed by atoms with van der Waals surface area (Å²) in [6.07, 6.45) is 7.58. The molecule has 0 unspecified atom stereocenters. The van der Waals surface area contributed by atoms with Gasteiger partial charge in [-0.3, -0.25) is 9.88 Å². The highest BCUT2D eigenvalue weighted by Crippen LogP contribution is 2.32. The molecular weight excluding hydrogens is 355 g/mol. The monoisotopic (exact) mass is 374 g/mol. The SMILES string of the molecule is Fc1ccc2nc([C@@H]3CCCN3Cc3cnc(-c4ccccn4)nc3)[nH]c2c1. The van der Waals surface area contributed by atoms with Gasteiger partial charge in [0.05, 0.1) is 17.1 Å². The Labute approximate surface area is 161 Å². The van der Waals surface area contributed by atoms with Crippen LogP contribution in [0.2, 0.25) is 0 Å². The minimum absolute atomic E-state index is 0.186. The summed E-state index contributed by atoms with van der Waals surface area (Å²) in [5.74, 6) is 1.27. The predicted molar refractivity (Wildman–Crippen MR) is 104 cm³/mol. The Morgan fingerprint density at radius 3 is 2.82 bits per heavy atom. The fourth-order valence-corrected chi connectivity index (χ4v) is 3.78. The first-order valence-electron chi connectivity index (χ1n) is 9.38. The molecule has 0 saturated carbocycles. The second-order valence-corrected chi connectivity index (χ2v) is 7.04. The number of halogens is 1. The van der Waals surface area contributed by atoms with Gasteiger partial charge >= 0.3 is 0 Å². The van der Waals surface area contributed by atoms with Crippen molar-refractivity contribution in [3.8, 4) is 11.5 Å². The third-order valence-electron chi connectivity index (χ3n) is 5.13. The number of nitrogens with one attached hydrogen (secondary N) is 1. The average Bonchev–Trinajstić information content (AvgIpc) is 3.35. The molecule has 28 heavy (non-hydrogen) atoms. The van der Waals surface area contributed by atoms with Crippen molar-refractivity contribution in [2.24, 2.45) is 0 Å². The second-order valence-electron chi connectivity index (χ2n) is 7.04. The number of aromatic nitrogens is 5. The van der Waals surface area contributed by atoms with Crippen molar-refractivity contribution < 1.29 is 4.39 Å². The standard InChI is InChI=1S/C21H19FN6/c22-15-6-7-16-18(10-15)27-21(26-16)19-5-3-9-28(19)13-14-11-24-20(25-12-14)17-4-1-2-8-23-17/h1-2,4,6-8,10-12,19H,3,5,9,13H2,(H,26,27)/t19-/m0/s1. The van der Waals surface area contributed by atoms with E-state index in [0.717, 1.165) is 54.0 Å². The average molecular weight is 374 g/mol. The first-order valence-corrected chi connectivity index (χ1v) is 9.38. The fraction of sp³-hybridized carbons (Fsp3) is 0.238. The number of rotatable bonds is 4. The molecule has 6 nitrogen and oxygen atoms in total. The molecule has 1 aliphatic rings. The number of benzene rings is 1. The number of H-pyrrole nitrogens is 1. The highest BCUT2D eigenvalue weighted by molar-refractivity contribution is 5.75. The van der Waals surface area contributed by atoms with Crippen molar-refractivity contribution in [3.63, 3.8) is 0 Å². The van der Waals surface area contributed by atoms with Crippen LogP contribution in [0.3, 0.4) is 0 Å². The lowest BCUT2D eigenvalue weighted by molar-refractivity contribution is 0.240. The Bertz CT molecular complexity index is 1090. The molecule has 140 valence electrons. The van der Waals surface area contributed by atoms with Gasteiger partial charge in [0.25, 0.3) is 0 Å². The zero-order chi connectivity index (χ0) is 18.9. The van der Waals surface area contributed by atoms with Crippen LogP contribution in [0.25, 0.3) is 22.6 Å². The fourth-order valence-electron chi connectivity index (χ4n) is 3.78. The van der Waals surface area contributed by atoms with Gasteiger partial charge in [0.15, 0.2) is 5.82 Å². The summed E-state index contributed by atoms with van der Waals surface area (Å²) in [6, 6.07) is 10.5. The Balaban J connectivity index is 1.35. The molecule has 1 aliphatic heterocycles. The molecule has 3 aromatic heterocycles. The van der Waals surface area contributed by atoms with E-state index in [1.165, 1.54) is 12.1 Å².